The molecule has 1 fully saturated rings. The van der Waals surface area contributed by atoms with Gasteiger partial charge >= 0.3 is 0 Å². The fourth-order valence-corrected chi connectivity index (χ4v) is 2.63. The second-order valence-corrected chi connectivity index (χ2v) is 4.84. The summed E-state index contributed by atoms with van der Waals surface area (Å²) < 4.78 is 5.38. The molecule has 1 aliphatic carbocycles. The Morgan fingerprint density at radius 1 is 1.29 bits per heavy atom. The van der Waals surface area contributed by atoms with Crippen LogP contribution in [-0.2, 0) is 0 Å². The summed E-state index contributed by atoms with van der Waals surface area (Å²) in [6.07, 6.45) is 3.43. The quantitative estimate of drug-likeness (QED) is 0.740. The number of Topliss-reactive ketones (excluding diaryl/α,β-unsaturated/α-hetero) is 1. The van der Waals surface area contributed by atoms with Gasteiger partial charge in [0.15, 0.2) is 5.78 Å². The lowest BCUT2D eigenvalue weighted by Crippen LogP contribution is -2.17. The monoisotopic (exact) mass is 232 g/mol. The average Bonchev–Trinajstić information content (AvgIpc) is 2.76. The Morgan fingerprint density at radius 2 is 2.00 bits per heavy atom. The highest BCUT2D eigenvalue weighted by Gasteiger charge is 2.30. The number of ketones is 1. The molecule has 0 heterocycles. The number of ether oxygens (including phenoxy) is 1. The van der Waals surface area contributed by atoms with E-state index in [1.54, 1.807) is 0 Å². The maximum atomic E-state index is 12.3. The zero-order valence-corrected chi connectivity index (χ0v) is 10.6. The summed E-state index contributed by atoms with van der Waals surface area (Å²) in [4.78, 5) is 12.3. The van der Waals surface area contributed by atoms with Gasteiger partial charge in [-0.1, -0.05) is 13.3 Å². The zero-order chi connectivity index (χ0) is 12.3. The molecule has 2 heteroatoms. The minimum atomic E-state index is 0.230. The molecule has 2 atom stereocenters. The molecule has 17 heavy (non-hydrogen) atoms. The van der Waals surface area contributed by atoms with Gasteiger partial charge < -0.3 is 4.74 Å². The lowest BCUT2D eigenvalue weighted by molar-refractivity contribution is 0.0897. The summed E-state index contributed by atoms with van der Waals surface area (Å²) >= 11 is 0. The molecule has 0 aromatic heterocycles. The Bertz CT molecular complexity index is 380. The predicted octanol–water partition coefficient (Wildman–Crippen LogP) is 3.70. The van der Waals surface area contributed by atoms with Crippen LogP contribution in [0.3, 0.4) is 0 Å². The van der Waals surface area contributed by atoms with E-state index >= 15 is 0 Å². The van der Waals surface area contributed by atoms with Gasteiger partial charge in [0.2, 0.25) is 0 Å². The molecular weight excluding hydrogens is 212 g/mol. The number of hydrogen-bond donors (Lipinski definition) is 0. The highest BCUT2D eigenvalue weighted by atomic mass is 16.5. The van der Waals surface area contributed by atoms with Gasteiger partial charge in [-0.05, 0) is 49.9 Å². The molecular formula is C15H20O2. The number of rotatable bonds is 4. The number of benzene rings is 1. The molecule has 0 bridgehead atoms. The third-order valence-corrected chi connectivity index (χ3v) is 3.65. The van der Waals surface area contributed by atoms with E-state index < -0.39 is 0 Å². The van der Waals surface area contributed by atoms with Crippen molar-refractivity contribution in [2.75, 3.05) is 6.61 Å². The van der Waals surface area contributed by atoms with Crippen molar-refractivity contribution in [2.45, 2.75) is 33.1 Å². The third kappa shape index (κ3) is 2.68. The van der Waals surface area contributed by atoms with Crippen molar-refractivity contribution in [1.29, 1.82) is 0 Å². The van der Waals surface area contributed by atoms with Crippen molar-refractivity contribution in [3.63, 3.8) is 0 Å². The van der Waals surface area contributed by atoms with Gasteiger partial charge in [0, 0.05) is 11.5 Å². The lowest BCUT2D eigenvalue weighted by Gasteiger charge is -2.14. The Labute approximate surface area is 103 Å². The molecule has 2 rings (SSSR count). The Balaban J connectivity index is 2.08. The van der Waals surface area contributed by atoms with Crippen LogP contribution in [0.25, 0.3) is 0 Å². The van der Waals surface area contributed by atoms with E-state index in [0.29, 0.717) is 18.3 Å². The molecule has 0 aliphatic heterocycles. The van der Waals surface area contributed by atoms with E-state index in [1.807, 2.05) is 31.2 Å². The summed E-state index contributed by atoms with van der Waals surface area (Å²) in [5.74, 6) is 1.91. The first-order valence-corrected chi connectivity index (χ1v) is 6.49. The van der Waals surface area contributed by atoms with Crippen molar-refractivity contribution in [3.05, 3.63) is 29.8 Å². The first kappa shape index (κ1) is 12.2. The van der Waals surface area contributed by atoms with E-state index in [9.17, 15) is 4.79 Å². The minimum absolute atomic E-state index is 0.230. The van der Waals surface area contributed by atoms with Gasteiger partial charge in [-0.15, -0.1) is 0 Å². The fraction of sp³-hybridized carbons (Fsp3) is 0.533. The summed E-state index contributed by atoms with van der Waals surface area (Å²) in [7, 11) is 0. The fourth-order valence-electron chi connectivity index (χ4n) is 2.63. The molecule has 0 saturated heterocycles. The molecule has 2 nitrogen and oxygen atoms in total. The van der Waals surface area contributed by atoms with Crippen LogP contribution in [0.1, 0.15) is 43.5 Å². The summed E-state index contributed by atoms with van der Waals surface area (Å²) in [6, 6.07) is 7.55. The maximum Gasteiger partial charge on any atom is 0.166 e. The molecule has 92 valence electrons. The van der Waals surface area contributed by atoms with E-state index in [-0.39, 0.29) is 5.92 Å². The Morgan fingerprint density at radius 3 is 2.53 bits per heavy atom. The van der Waals surface area contributed by atoms with Gasteiger partial charge in [0.05, 0.1) is 6.61 Å². The Hall–Kier alpha value is -1.31. The topological polar surface area (TPSA) is 26.3 Å². The van der Waals surface area contributed by atoms with Gasteiger partial charge in [-0.3, -0.25) is 4.79 Å². The largest absolute Gasteiger partial charge is 0.494 e. The zero-order valence-electron chi connectivity index (χ0n) is 10.6. The predicted molar refractivity (Wildman–Crippen MR) is 68.4 cm³/mol. The van der Waals surface area contributed by atoms with Gasteiger partial charge in [0.1, 0.15) is 5.75 Å². The standard InChI is InChI=1S/C15H20O2/c1-3-17-13-9-7-12(8-10-13)15(16)14-6-4-5-11(14)2/h7-11,14H,3-6H2,1-2H3. The van der Waals surface area contributed by atoms with Crippen LogP contribution < -0.4 is 4.74 Å². The van der Waals surface area contributed by atoms with Crippen molar-refractivity contribution >= 4 is 5.78 Å². The molecule has 0 spiro atoms. The second kappa shape index (κ2) is 5.35. The van der Waals surface area contributed by atoms with Crippen LogP contribution in [0.4, 0.5) is 0 Å². The van der Waals surface area contributed by atoms with Crippen molar-refractivity contribution in [1.82, 2.24) is 0 Å². The normalized spacial score (nSPS) is 23.6. The first-order chi connectivity index (χ1) is 8.22. The number of hydrogen-bond acceptors (Lipinski definition) is 2. The highest BCUT2D eigenvalue weighted by Crippen LogP contribution is 2.33. The van der Waals surface area contributed by atoms with Crippen LogP contribution in [0.2, 0.25) is 0 Å². The van der Waals surface area contributed by atoms with Crippen LogP contribution in [0.5, 0.6) is 5.75 Å². The smallest absolute Gasteiger partial charge is 0.166 e. The number of carbonyl (C=O) groups excluding carboxylic acids is 1. The average molecular weight is 232 g/mol. The van der Waals surface area contributed by atoms with Crippen LogP contribution >= 0.6 is 0 Å². The third-order valence-electron chi connectivity index (χ3n) is 3.65. The number of carbonyl (C=O) groups is 1. The second-order valence-electron chi connectivity index (χ2n) is 4.84. The summed E-state index contributed by atoms with van der Waals surface area (Å²) in [5, 5.41) is 0. The molecule has 0 radical (unpaired) electrons. The lowest BCUT2D eigenvalue weighted by atomic mass is 9.90. The van der Waals surface area contributed by atoms with E-state index in [2.05, 4.69) is 6.92 Å². The van der Waals surface area contributed by atoms with E-state index in [1.165, 1.54) is 12.8 Å². The first-order valence-electron chi connectivity index (χ1n) is 6.49. The molecule has 1 aromatic rings. The molecule has 1 aliphatic rings. The minimum Gasteiger partial charge on any atom is -0.494 e. The summed E-state index contributed by atoms with van der Waals surface area (Å²) in [5.41, 5.74) is 0.826. The van der Waals surface area contributed by atoms with Gasteiger partial charge in [0.25, 0.3) is 0 Å². The maximum absolute atomic E-state index is 12.3. The van der Waals surface area contributed by atoms with Crippen LogP contribution in [0, 0.1) is 11.8 Å². The summed E-state index contributed by atoms with van der Waals surface area (Å²) in [6.45, 7) is 4.80. The van der Waals surface area contributed by atoms with E-state index in [4.69, 9.17) is 4.74 Å². The Kier molecular flexibility index (Phi) is 3.82. The highest BCUT2D eigenvalue weighted by molar-refractivity contribution is 5.98. The van der Waals surface area contributed by atoms with Crippen LogP contribution in [-0.4, -0.2) is 12.4 Å². The molecule has 1 saturated carbocycles. The van der Waals surface area contributed by atoms with Gasteiger partial charge in [-0.25, -0.2) is 0 Å². The molecule has 0 N–H and O–H groups in total. The molecule has 1 aromatic carbocycles. The van der Waals surface area contributed by atoms with Gasteiger partial charge in [-0.2, -0.15) is 0 Å². The molecule has 0 amide bonds. The SMILES string of the molecule is CCOc1ccc(C(=O)C2CCCC2C)cc1. The van der Waals surface area contributed by atoms with Crippen LogP contribution in [0.15, 0.2) is 24.3 Å². The van der Waals surface area contributed by atoms with Crippen molar-refractivity contribution in [3.8, 4) is 5.75 Å². The van der Waals surface area contributed by atoms with Crippen molar-refractivity contribution in [2.24, 2.45) is 11.8 Å². The van der Waals surface area contributed by atoms with Crippen molar-refractivity contribution < 1.29 is 9.53 Å². The van der Waals surface area contributed by atoms with E-state index in [0.717, 1.165) is 17.7 Å². The molecule has 2 unspecified atom stereocenters.